The molecule has 2 amide bonds. The number of amides is 2. The highest BCUT2D eigenvalue weighted by molar-refractivity contribution is 7.80. The lowest BCUT2D eigenvalue weighted by Gasteiger charge is -2.14. The third-order valence-electron chi connectivity index (χ3n) is 4.30. The van der Waals surface area contributed by atoms with E-state index in [0.29, 0.717) is 23.5 Å². The molecule has 3 N–H and O–H groups in total. The Bertz CT molecular complexity index is 1070. The van der Waals surface area contributed by atoms with E-state index in [-0.39, 0.29) is 16.6 Å². The van der Waals surface area contributed by atoms with Crippen molar-refractivity contribution < 1.29 is 24.2 Å². The van der Waals surface area contributed by atoms with Gasteiger partial charge in [-0.1, -0.05) is 13.3 Å². The molecule has 0 bridgehead atoms. The van der Waals surface area contributed by atoms with E-state index in [9.17, 15) is 29.8 Å². The number of nitrogens with zero attached hydrogens (tertiary/aromatic N) is 2. The van der Waals surface area contributed by atoms with Gasteiger partial charge < -0.3 is 15.4 Å². The number of thiocarbonyl (C=S) groups is 1. The molecule has 2 aromatic rings. The molecular formula is C20H21N5O7S. The third-order valence-corrected chi connectivity index (χ3v) is 4.51. The fourth-order valence-corrected chi connectivity index (χ4v) is 2.91. The molecule has 0 aromatic heterocycles. The lowest BCUT2D eigenvalue weighted by molar-refractivity contribution is -0.394. The van der Waals surface area contributed by atoms with E-state index in [2.05, 4.69) is 16.0 Å². The molecule has 0 fully saturated rings. The van der Waals surface area contributed by atoms with Crippen molar-refractivity contribution in [1.29, 1.82) is 0 Å². The number of ether oxygens (including phenoxy) is 1. The summed E-state index contributed by atoms with van der Waals surface area (Å²) in [4.78, 5) is 44.7. The number of anilines is 2. The Kier molecular flexibility index (Phi) is 8.74. The fraction of sp³-hybridized carbons (Fsp3) is 0.250. The number of methoxy groups -OCH3 is 1. The Morgan fingerprint density at radius 2 is 1.67 bits per heavy atom. The predicted octanol–water partition coefficient (Wildman–Crippen LogP) is 3.77. The first-order chi connectivity index (χ1) is 15.6. The summed E-state index contributed by atoms with van der Waals surface area (Å²) < 4.78 is 5.28. The highest BCUT2D eigenvalue weighted by atomic mass is 32.1. The van der Waals surface area contributed by atoms with Gasteiger partial charge in [-0.05, 0) is 30.8 Å². The molecule has 0 spiro atoms. The van der Waals surface area contributed by atoms with E-state index in [4.69, 9.17) is 17.0 Å². The van der Waals surface area contributed by atoms with E-state index in [1.165, 1.54) is 7.11 Å². The average Bonchev–Trinajstić information content (AvgIpc) is 2.78. The number of hydrogen-bond acceptors (Lipinski definition) is 8. The molecule has 0 aliphatic carbocycles. The first-order valence-corrected chi connectivity index (χ1v) is 10.1. The van der Waals surface area contributed by atoms with Gasteiger partial charge in [-0.25, -0.2) is 0 Å². The number of rotatable bonds is 9. The second-order valence-electron chi connectivity index (χ2n) is 6.73. The van der Waals surface area contributed by atoms with Crippen molar-refractivity contribution in [3.63, 3.8) is 0 Å². The predicted molar refractivity (Wildman–Crippen MR) is 125 cm³/mol. The first kappa shape index (κ1) is 25.1. The summed E-state index contributed by atoms with van der Waals surface area (Å²) in [5.74, 6) is -0.663. The van der Waals surface area contributed by atoms with Crippen molar-refractivity contribution in [2.45, 2.75) is 26.2 Å². The molecule has 12 nitrogen and oxygen atoms in total. The summed E-state index contributed by atoms with van der Waals surface area (Å²) in [5, 5.41) is 29.6. The van der Waals surface area contributed by atoms with Gasteiger partial charge in [0.1, 0.15) is 5.75 Å². The van der Waals surface area contributed by atoms with Gasteiger partial charge in [-0.3, -0.25) is 35.1 Å². The van der Waals surface area contributed by atoms with Gasteiger partial charge in [0.15, 0.2) is 5.11 Å². The molecule has 2 aromatic carbocycles. The topological polar surface area (TPSA) is 166 Å². The van der Waals surface area contributed by atoms with Crippen molar-refractivity contribution in [3.05, 3.63) is 62.2 Å². The number of hydrogen-bond donors (Lipinski definition) is 3. The minimum absolute atomic E-state index is 0.148. The summed E-state index contributed by atoms with van der Waals surface area (Å²) in [6.45, 7) is 1.98. The van der Waals surface area contributed by atoms with Gasteiger partial charge in [0.2, 0.25) is 5.91 Å². The number of carbonyl (C=O) groups is 2. The lowest BCUT2D eigenvalue weighted by atomic mass is 10.1. The van der Waals surface area contributed by atoms with E-state index < -0.39 is 27.1 Å². The number of benzene rings is 2. The monoisotopic (exact) mass is 475 g/mol. The molecule has 0 saturated carbocycles. The van der Waals surface area contributed by atoms with Crippen LogP contribution >= 0.6 is 12.2 Å². The van der Waals surface area contributed by atoms with Gasteiger partial charge in [0.25, 0.3) is 17.3 Å². The van der Waals surface area contributed by atoms with Crippen molar-refractivity contribution in [2.75, 3.05) is 17.7 Å². The van der Waals surface area contributed by atoms with Crippen molar-refractivity contribution in [3.8, 4) is 5.75 Å². The van der Waals surface area contributed by atoms with Crippen molar-refractivity contribution >= 4 is 51.9 Å². The quantitative estimate of drug-likeness (QED) is 0.278. The second kappa shape index (κ2) is 11.5. The normalized spacial score (nSPS) is 10.1. The summed E-state index contributed by atoms with van der Waals surface area (Å²) in [5.41, 5.74) is -0.622. The maximum Gasteiger partial charge on any atom is 0.277 e. The number of nitro groups is 2. The van der Waals surface area contributed by atoms with Crippen LogP contribution in [0.1, 0.15) is 36.5 Å². The number of nitro benzene ring substituents is 2. The highest BCUT2D eigenvalue weighted by Crippen LogP contribution is 2.28. The molecule has 0 unspecified atom stereocenters. The van der Waals surface area contributed by atoms with Crippen LogP contribution in [0.5, 0.6) is 5.75 Å². The van der Waals surface area contributed by atoms with Gasteiger partial charge in [-0.2, -0.15) is 0 Å². The molecule has 0 atom stereocenters. The maximum absolute atomic E-state index is 12.4. The Morgan fingerprint density at radius 1 is 1.03 bits per heavy atom. The van der Waals surface area contributed by atoms with Crippen LogP contribution in [0.2, 0.25) is 0 Å². The van der Waals surface area contributed by atoms with E-state index in [1.54, 1.807) is 18.2 Å². The third kappa shape index (κ3) is 7.21. The molecule has 2 rings (SSSR count). The number of nitrogens with one attached hydrogen (secondary N) is 3. The summed E-state index contributed by atoms with van der Waals surface area (Å²) >= 11 is 5.09. The molecule has 0 radical (unpaired) electrons. The van der Waals surface area contributed by atoms with Crippen LogP contribution in [0.25, 0.3) is 0 Å². The molecule has 33 heavy (non-hydrogen) atoms. The zero-order valence-electron chi connectivity index (χ0n) is 17.7. The van der Waals surface area contributed by atoms with Gasteiger partial charge in [-0.15, -0.1) is 0 Å². The van der Waals surface area contributed by atoms with Crippen molar-refractivity contribution in [2.24, 2.45) is 0 Å². The maximum atomic E-state index is 12.4. The van der Waals surface area contributed by atoms with Crippen LogP contribution in [0.4, 0.5) is 22.7 Å². The van der Waals surface area contributed by atoms with Crippen LogP contribution in [0.15, 0.2) is 36.4 Å². The molecule has 174 valence electrons. The lowest BCUT2D eigenvalue weighted by Crippen LogP contribution is -2.34. The molecule has 13 heteroatoms. The minimum atomic E-state index is -0.869. The number of carbonyl (C=O) groups excluding carboxylic acids is 2. The van der Waals surface area contributed by atoms with E-state index in [0.717, 1.165) is 31.0 Å². The van der Waals surface area contributed by atoms with E-state index >= 15 is 0 Å². The zero-order valence-corrected chi connectivity index (χ0v) is 18.6. The van der Waals surface area contributed by atoms with Gasteiger partial charge in [0, 0.05) is 30.3 Å². The van der Waals surface area contributed by atoms with Crippen LogP contribution in [0, 0.1) is 20.2 Å². The summed E-state index contributed by atoms with van der Waals surface area (Å²) in [6.07, 6.45) is 2.03. The summed E-state index contributed by atoms with van der Waals surface area (Å²) in [7, 11) is 1.43. The SMILES string of the molecule is CCCCC(=O)Nc1ccc(NC(=S)NC(=O)c2cc([N+](=O)[O-])cc([N+](=O)[O-])c2)cc1OC. The Balaban J connectivity index is 2.11. The number of unbranched alkanes of at least 4 members (excludes halogenated alkanes) is 1. The van der Waals surface area contributed by atoms with Crippen molar-refractivity contribution in [1.82, 2.24) is 5.32 Å². The zero-order chi connectivity index (χ0) is 24.5. The van der Waals surface area contributed by atoms with E-state index in [1.807, 2.05) is 6.92 Å². The van der Waals surface area contributed by atoms with Gasteiger partial charge in [0.05, 0.1) is 34.3 Å². The molecule has 0 heterocycles. The molecular weight excluding hydrogens is 454 g/mol. The Morgan fingerprint density at radius 3 is 2.21 bits per heavy atom. The Labute approximate surface area is 193 Å². The molecule has 0 aliphatic heterocycles. The van der Waals surface area contributed by atoms with Crippen LogP contribution in [-0.2, 0) is 4.79 Å². The fourth-order valence-electron chi connectivity index (χ4n) is 2.70. The van der Waals surface area contributed by atoms with Gasteiger partial charge >= 0.3 is 0 Å². The second-order valence-corrected chi connectivity index (χ2v) is 7.14. The first-order valence-electron chi connectivity index (χ1n) is 9.68. The van der Waals surface area contributed by atoms with Crippen LogP contribution < -0.4 is 20.7 Å². The van der Waals surface area contributed by atoms with Crippen LogP contribution in [0.3, 0.4) is 0 Å². The molecule has 0 saturated heterocycles. The van der Waals surface area contributed by atoms with Crippen LogP contribution in [-0.4, -0.2) is 33.9 Å². The molecule has 0 aliphatic rings. The largest absolute Gasteiger partial charge is 0.494 e. The highest BCUT2D eigenvalue weighted by Gasteiger charge is 2.20. The minimum Gasteiger partial charge on any atom is -0.494 e. The smallest absolute Gasteiger partial charge is 0.277 e. The Hall–Kier alpha value is -4.13. The summed E-state index contributed by atoms with van der Waals surface area (Å²) in [6, 6.07) is 7.30. The average molecular weight is 475 g/mol. The number of non-ortho nitro benzene ring substituents is 2. The standard InChI is InChI=1S/C20H21N5O7S/c1-3-4-5-18(26)22-16-7-6-13(10-17(16)32-2)21-20(33)23-19(27)12-8-14(24(28)29)11-15(9-12)25(30)31/h6-11H,3-5H2,1-2H3,(H,22,26)(H2,21,23,27,33).